The average Bonchev–Trinajstić information content (AvgIpc) is 3.35. The first-order chi connectivity index (χ1) is 17.0. The zero-order valence-electron chi connectivity index (χ0n) is 20.9. The van der Waals surface area contributed by atoms with Crippen molar-refractivity contribution in [3.05, 3.63) is 59.9 Å². The van der Waals surface area contributed by atoms with Crippen molar-refractivity contribution in [1.82, 2.24) is 25.3 Å². The van der Waals surface area contributed by atoms with Gasteiger partial charge in [-0.05, 0) is 39.0 Å². The molecule has 4 N–H and O–H groups in total. The lowest BCUT2D eigenvalue weighted by atomic mass is 9.91. The number of fused-ring (bicyclic) bond motifs is 2. The van der Waals surface area contributed by atoms with Crippen molar-refractivity contribution < 1.29 is 18.0 Å². The van der Waals surface area contributed by atoms with Crippen LogP contribution in [0.1, 0.15) is 32.2 Å². The van der Waals surface area contributed by atoms with Crippen LogP contribution in [0.4, 0.5) is 5.69 Å². The number of carbonyl (C=O) groups excluding carboxylic acids is 2. The molecule has 1 aliphatic rings. The molecule has 36 heavy (non-hydrogen) atoms. The molecule has 0 radical (unpaired) electrons. The molecule has 1 aromatic heterocycles. The molecule has 2 aromatic carbocycles. The third-order valence-electron chi connectivity index (χ3n) is 6.41. The van der Waals surface area contributed by atoms with Crippen LogP contribution in [-0.4, -0.2) is 61.6 Å². The van der Waals surface area contributed by atoms with E-state index in [1.165, 1.54) is 11.9 Å². The van der Waals surface area contributed by atoms with Crippen molar-refractivity contribution in [3.8, 4) is 0 Å². The van der Waals surface area contributed by atoms with Crippen LogP contribution in [0.3, 0.4) is 0 Å². The highest BCUT2D eigenvalue weighted by atomic mass is 32.2. The molecule has 192 valence electrons. The quantitative estimate of drug-likeness (QED) is 0.342. The van der Waals surface area contributed by atoms with Crippen molar-refractivity contribution in [2.75, 3.05) is 31.6 Å². The van der Waals surface area contributed by atoms with Gasteiger partial charge >= 0.3 is 0 Å². The SMILES string of the molecule is CNC(=O)CN1C(=O)C(CNS(=O)(=O)C(C)(C)C)(NCCc2nc3ccccc3[nH]2)c2ccccc21. The molecule has 0 saturated carbocycles. The van der Waals surface area contributed by atoms with Crippen LogP contribution in [-0.2, 0) is 31.6 Å². The number of aromatic amines is 1. The lowest BCUT2D eigenvalue weighted by Gasteiger charge is -2.32. The van der Waals surface area contributed by atoms with E-state index in [1.807, 2.05) is 24.3 Å². The van der Waals surface area contributed by atoms with E-state index in [-0.39, 0.29) is 19.0 Å². The molecule has 2 amide bonds. The Morgan fingerprint density at radius 1 is 1.11 bits per heavy atom. The molecule has 3 aromatic rings. The topological polar surface area (TPSA) is 136 Å². The summed E-state index contributed by atoms with van der Waals surface area (Å²) in [5.74, 6) is 0.0232. The first kappa shape index (κ1) is 25.8. The molecule has 4 rings (SSSR count). The highest BCUT2D eigenvalue weighted by Crippen LogP contribution is 2.40. The second-order valence-corrected chi connectivity index (χ2v) is 12.3. The number of H-pyrrole nitrogens is 1. The normalized spacial score (nSPS) is 18.0. The molecule has 0 aliphatic carbocycles. The van der Waals surface area contributed by atoms with E-state index >= 15 is 0 Å². The minimum Gasteiger partial charge on any atom is -0.358 e. The Morgan fingerprint density at radius 3 is 2.50 bits per heavy atom. The Bertz CT molecular complexity index is 1360. The summed E-state index contributed by atoms with van der Waals surface area (Å²) in [4.78, 5) is 35.4. The van der Waals surface area contributed by atoms with Crippen molar-refractivity contribution >= 4 is 38.6 Å². The molecule has 1 aliphatic heterocycles. The summed E-state index contributed by atoms with van der Waals surface area (Å²) in [6, 6.07) is 14.8. The molecule has 0 bridgehead atoms. The summed E-state index contributed by atoms with van der Waals surface area (Å²) in [6.45, 7) is 4.75. The number of nitrogens with zero attached hydrogens (tertiary/aromatic N) is 2. The molecule has 0 spiro atoms. The van der Waals surface area contributed by atoms with E-state index in [0.29, 0.717) is 24.2 Å². The summed E-state index contributed by atoms with van der Waals surface area (Å²) >= 11 is 0. The maximum atomic E-state index is 13.9. The standard InChI is InChI=1S/C25H32N6O4S/c1-24(2,3)36(34,35)28-16-25(27-14-13-21-29-18-10-6-7-11-19(18)30-21)17-9-5-8-12-20(17)31(23(25)33)15-22(32)26-4/h5-12,27-28H,13-16H2,1-4H3,(H,26,32)(H,29,30). The van der Waals surface area contributed by atoms with Gasteiger partial charge in [-0.1, -0.05) is 30.3 Å². The van der Waals surface area contributed by atoms with Gasteiger partial charge in [0.05, 0.1) is 15.8 Å². The predicted octanol–water partition coefficient (Wildman–Crippen LogP) is 1.40. The lowest BCUT2D eigenvalue weighted by molar-refractivity contribution is -0.126. The van der Waals surface area contributed by atoms with Gasteiger partial charge in [0, 0.05) is 37.8 Å². The van der Waals surface area contributed by atoms with Gasteiger partial charge in [0.1, 0.15) is 17.9 Å². The van der Waals surface area contributed by atoms with E-state index < -0.39 is 26.2 Å². The number of likely N-dealkylation sites (N-methyl/N-ethyl adjacent to an activating group) is 1. The van der Waals surface area contributed by atoms with Crippen molar-refractivity contribution in [2.24, 2.45) is 0 Å². The number of hydrogen-bond donors (Lipinski definition) is 4. The van der Waals surface area contributed by atoms with Gasteiger partial charge in [-0.2, -0.15) is 0 Å². The molecule has 0 saturated heterocycles. The van der Waals surface area contributed by atoms with E-state index in [0.717, 1.165) is 16.9 Å². The number of anilines is 1. The second-order valence-electron chi connectivity index (χ2n) is 9.80. The largest absolute Gasteiger partial charge is 0.358 e. The third kappa shape index (κ3) is 4.73. The maximum absolute atomic E-state index is 13.9. The van der Waals surface area contributed by atoms with Crippen LogP contribution in [0.15, 0.2) is 48.5 Å². The van der Waals surface area contributed by atoms with Crippen LogP contribution in [0, 0.1) is 0 Å². The number of benzene rings is 2. The first-order valence-electron chi connectivity index (χ1n) is 11.8. The molecule has 1 atom stereocenters. The number of aromatic nitrogens is 2. The summed E-state index contributed by atoms with van der Waals surface area (Å²) in [5, 5.41) is 5.88. The molecule has 2 heterocycles. The molecule has 11 heteroatoms. The Balaban J connectivity index is 1.67. The van der Waals surface area contributed by atoms with Gasteiger partial charge in [0.2, 0.25) is 15.9 Å². The van der Waals surface area contributed by atoms with Crippen LogP contribution in [0.2, 0.25) is 0 Å². The molecular formula is C25H32N6O4S. The Hall–Kier alpha value is -3.28. The first-order valence-corrected chi connectivity index (χ1v) is 13.3. The molecule has 0 fully saturated rings. The van der Waals surface area contributed by atoms with E-state index in [9.17, 15) is 18.0 Å². The van der Waals surface area contributed by atoms with Crippen LogP contribution >= 0.6 is 0 Å². The van der Waals surface area contributed by atoms with Gasteiger partial charge in [0.25, 0.3) is 5.91 Å². The van der Waals surface area contributed by atoms with Crippen LogP contribution in [0.25, 0.3) is 11.0 Å². The van der Waals surface area contributed by atoms with E-state index in [1.54, 1.807) is 45.0 Å². The van der Waals surface area contributed by atoms with Gasteiger partial charge < -0.3 is 15.2 Å². The van der Waals surface area contributed by atoms with Crippen LogP contribution < -0.4 is 20.3 Å². The van der Waals surface area contributed by atoms with E-state index in [4.69, 9.17) is 0 Å². The average molecular weight is 513 g/mol. The number of para-hydroxylation sites is 3. The van der Waals surface area contributed by atoms with Crippen molar-refractivity contribution in [1.29, 1.82) is 0 Å². The zero-order valence-corrected chi connectivity index (χ0v) is 21.7. The van der Waals surface area contributed by atoms with Gasteiger partial charge in [0.15, 0.2) is 0 Å². The lowest BCUT2D eigenvalue weighted by Crippen LogP contribution is -2.59. The fourth-order valence-corrected chi connectivity index (χ4v) is 5.09. The van der Waals surface area contributed by atoms with Gasteiger partial charge in [-0.25, -0.2) is 18.1 Å². The predicted molar refractivity (Wildman–Crippen MR) is 139 cm³/mol. The highest BCUT2D eigenvalue weighted by Gasteiger charge is 2.51. The number of nitrogens with one attached hydrogen (secondary N) is 4. The van der Waals surface area contributed by atoms with Crippen molar-refractivity contribution in [2.45, 2.75) is 37.5 Å². The molecular weight excluding hydrogens is 480 g/mol. The number of amides is 2. The minimum atomic E-state index is -3.75. The Kier molecular flexibility index (Phi) is 6.91. The van der Waals surface area contributed by atoms with Gasteiger partial charge in [-0.15, -0.1) is 0 Å². The Morgan fingerprint density at radius 2 is 1.81 bits per heavy atom. The summed E-state index contributed by atoms with van der Waals surface area (Å²) < 4.78 is 27.4. The highest BCUT2D eigenvalue weighted by molar-refractivity contribution is 7.90. The monoisotopic (exact) mass is 512 g/mol. The zero-order chi connectivity index (χ0) is 26.1. The number of carbonyl (C=O) groups is 2. The summed E-state index contributed by atoms with van der Waals surface area (Å²) in [5.41, 5.74) is 1.55. The third-order valence-corrected chi connectivity index (χ3v) is 8.54. The number of hydrogen-bond acceptors (Lipinski definition) is 6. The smallest absolute Gasteiger partial charge is 0.253 e. The van der Waals surface area contributed by atoms with Crippen molar-refractivity contribution in [3.63, 3.8) is 0 Å². The minimum absolute atomic E-state index is 0.175. The molecule has 10 nitrogen and oxygen atoms in total. The number of rotatable bonds is 9. The van der Waals surface area contributed by atoms with E-state index in [2.05, 4.69) is 25.3 Å². The summed E-state index contributed by atoms with van der Waals surface area (Å²) in [7, 11) is -2.24. The fourth-order valence-electron chi connectivity index (χ4n) is 4.25. The van der Waals surface area contributed by atoms with Crippen LogP contribution in [0.5, 0.6) is 0 Å². The second kappa shape index (κ2) is 9.64. The fraction of sp³-hybridized carbons (Fsp3) is 0.400. The maximum Gasteiger partial charge on any atom is 0.253 e. The summed E-state index contributed by atoms with van der Waals surface area (Å²) in [6.07, 6.45) is 0.480. The number of sulfonamides is 1. The number of imidazole rings is 1. The molecule has 1 unspecified atom stereocenters. The Labute approximate surface area is 210 Å². The van der Waals surface area contributed by atoms with Gasteiger partial charge in [-0.3, -0.25) is 14.9 Å².